The van der Waals surface area contributed by atoms with Crippen molar-refractivity contribution in [3.05, 3.63) is 23.4 Å². The fourth-order valence-corrected chi connectivity index (χ4v) is 2.43. The van der Waals surface area contributed by atoms with Gasteiger partial charge in [0.15, 0.2) is 0 Å². The van der Waals surface area contributed by atoms with Gasteiger partial charge in [-0.1, -0.05) is 13.8 Å². The minimum atomic E-state index is 0.0767. The first-order valence-corrected chi connectivity index (χ1v) is 7.70. The van der Waals surface area contributed by atoms with E-state index in [1.165, 1.54) is 0 Å². The van der Waals surface area contributed by atoms with Gasteiger partial charge in [-0.15, -0.1) is 0 Å². The molecule has 0 atom stereocenters. The van der Waals surface area contributed by atoms with Crippen LogP contribution in [-0.4, -0.2) is 47.7 Å². The summed E-state index contributed by atoms with van der Waals surface area (Å²) in [5.74, 6) is 0.982. The SMILES string of the molecule is CCN(CC)CCCN(CC)c1cc(CO)cc(C)n1. The molecule has 0 unspecified atom stereocenters. The monoisotopic (exact) mass is 279 g/mol. The normalized spacial score (nSPS) is 11.1. The number of aromatic nitrogens is 1. The number of aliphatic hydroxyl groups excluding tert-OH is 1. The van der Waals surface area contributed by atoms with E-state index in [1.54, 1.807) is 0 Å². The second kappa shape index (κ2) is 8.93. The Kier molecular flexibility index (Phi) is 7.55. The van der Waals surface area contributed by atoms with Gasteiger partial charge in [-0.05, 0) is 57.6 Å². The number of anilines is 1. The molecule has 0 amide bonds. The summed E-state index contributed by atoms with van der Waals surface area (Å²) in [4.78, 5) is 9.32. The first-order valence-electron chi connectivity index (χ1n) is 7.70. The average Bonchev–Trinajstić information content (AvgIpc) is 2.47. The van der Waals surface area contributed by atoms with Gasteiger partial charge in [0.1, 0.15) is 5.82 Å². The molecule has 0 aromatic carbocycles. The van der Waals surface area contributed by atoms with E-state index in [0.29, 0.717) is 0 Å². The van der Waals surface area contributed by atoms with Crippen LogP contribution in [-0.2, 0) is 6.61 Å². The van der Waals surface area contributed by atoms with Crippen LogP contribution < -0.4 is 4.90 Å². The van der Waals surface area contributed by atoms with Gasteiger partial charge in [-0.2, -0.15) is 0 Å². The van der Waals surface area contributed by atoms with Gasteiger partial charge in [0.2, 0.25) is 0 Å². The number of hydrogen-bond acceptors (Lipinski definition) is 4. The Hall–Kier alpha value is -1.13. The molecule has 1 N–H and O–H groups in total. The molecule has 1 aromatic rings. The smallest absolute Gasteiger partial charge is 0.129 e. The highest BCUT2D eigenvalue weighted by atomic mass is 16.3. The molecule has 0 bridgehead atoms. The van der Waals surface area contributed by atoms with Gasteiger partial charge in [0.05, 0.1) is 6.61 Å². The molecule has 4 heteroatoms. The Morgan fingerprint density at radius 3 is 2.30 bits per heavy atom. The summed E-state index contributed by atoms with van der Waals surface area (Å²) < 4.78 is 0. The Morgan fingerprint density at radius 2 is 1.75 bits per heavy atom. The highest BCUT2D eigenvalue weighted by Crippen LogP contribution is 2.15. The van der Waals surface area contributed by atoms with Crippen LogP contribution in [0.15, 0.2) is 12.1 Å². The van der Waals surface area contributed by atoms with Crippen LogP contribution >= 0.6 is 0 Å². The summed E-state index contributed by atoms with van der Waals surface area (Å²) in [7, 11) is 0. The molecule has 20 heavy (non-hydrogen) atoms. The lowest BCUT2D eigenvalue weighted by molar-refractivity contribution is 0.281. The van der Waals surface area contributed by atoms with Crippen LogP contribution in [0.25, 0.3) is 0 Å². The van der Waals surface area contributed by atoms with E-state index in [-0.39, 0.29) is 6.61 Å². The van der Waals surface area contributed by atoms with Crippen molar-refractivity contribution in [3.63, 3.8) is 0 Å². The molecule has 0 saturated heterocycles. The highest BCUT2D eigenvalue weighted by Gasteiger charge is 2.08. The quantitative estimate of drug-likeness (QED) is 0.753. The molecular weight excluding hydrogens is 250 g/mol. The van der Waals surface area contributed by atoms with Crippen LogP contribution in [0.1, 0.15) is 38.4 Å². The van der Waals surface area contributed by atoms with Crippen LogP contribution in [0.2, 0.25) is 0 Å². The van der Waals surface area contributed by atoms with Crippen LogP contribution in [0.5, 0.6) is 0 Å². The predicted octanol–water partition coefficient (Wildman–Crippen LogP) is 2.44. The summed E-state index contributed by atoms with van der Waals surface area (Å²) in [6, 6.07) is 3.93. The molecule has 0 fully saturated rings. The van der Waals surface area contributed by atoms with Crippen LogP contribution in [0.3, 0.4) is 0 Å². The molecule has 1 rings (SSSR count). The maximum atomic E-state index is 9.30. The van der Waals surface area contributed by atoms with Gasteiger partial charge in [-0.25, -0.2) is 4.98 Å². The molecular formula is C16H29N3O. The lowest BCUT2D eigenvalue weighted by Crippen LogP contribution is -2.30. The fourth-order valence-electron chi connectivity index (χ4n) is 2.43. The predicted molar refractivity (Wildman–Crippen MR) is 85.2 cm³/mol. The standard InChI is InChI=1S/C16H29N3O/c1-5-18(6-2)9-8-10-19(7-3)16-12-15(13-20)11-14(4)17-16/h11-12,20H,5-10,13H2,1-4H3. The van der Waals surface area contributed by atoms with E-state index < -0.39 is 0 Å². The van der Waals surface area contributed by atoms with Crippen molar-refractivity contribution in [2.75, 3.05) is 37.6 Å². The summed E-state index contributed by atoms with van der Waals surface area (Å²) in [6.07, 6.45) is 1.14. The molecule has 1 aromatic heterocycles. The third-order valence-corrected chi connectivity index (χ3v) is 3.68. The van der Waals surface area contributed by atoms with Gasteiger partial charge in [-0.3, -0.25) is 0 Å². The number of aliphatic hydroxyl groups is 1. The van der Waals surface area contributed by atoms with Crippen molar-refractivity contribution in [1.82, 2.24) is 9.88 Å². The molecule has 1 heterocycles. The van der Waals surface area contributed by atoms with Crippen molar-refractivity contribution < 1.29 is 5.11 Å². The van der Waals surface area contributed by atoms with E-state index in [1.807, 2.05) is 19.1 Å². The lowest BCUT2D eigenvalue weighted by atomic mass is 10.2. The highest BCUT2D eigenvalue weighted by molar-refractivity contribution is 5.42. The number of pyridine rings is 1. The third-order valence-electron chi connectivity index (χ3n) is 3.68. The fraction of sp³-hybridized carbons (Fsp3) is 0.688. The summed E-state index contributed by atoms with van der Waals surface area (Å²) in [5.41, 5.74) is 1.91. The van der Waals surface area contributed by atoms with Crippen LogP contribution in [0, 0.1) is 6.92 Å². The van der Waals surface area contributed by atoms with E-state index in [4.69, 9.17) is 0 Å². The van der Waals surface area contributed by atoms with Crippen molar-refractivity contribution in [3.8, 4) is 0 Å². The maximum absolute atomic E-state index is 9.30. The second-order valence-electron chi connectivity index (χ2n) is 5.09. The first kappa shape index (κ1) is 16.9. The van der Waals surface area contributed by atoms with Crippen molar-refractivity contribution >= 4 is 5.82 Å². The minimum absolute atomic E-state index is 0.0767. The second-order valence-corrected chi connectivity index (χ2v) is 5.09. The molecule has 0 aliphatic carbocycles. The van der Waals surface area contributed by atoms with Gasteiger partial charge in [0.25, 0.3) is 0 Å². The molecule has 0 aliphatic rings. The number of hydrogen-bond donors (Lipinski definition) is 1. The zero-order valence-electron chi connectivity index (χ0n) is 13.4. The molecule has 0 saturated carbocycles. The zero-order valence-corrected chi connectivity index (χ0v) is 13.4. The van der Waals surface area contributed by atoms with Gasteiger partial charge < -0.3 is 14.9 Å². The summed E-state index contributed by atoms with van der Waals surface area (Å²) in [6.45, 7) is 13.9. The topological polar surface area (TPSA) is 39.6 Å². The van der Waals surface area contributed by atoms with Gasteiger partial charge >= 0.3 is 0 Å². The molecule has 114 valence electrons. The number of nitrogens with zero attached hydrogens (tertiary/aromatic N) is 3. The molecule has 0 aliphatic heterocycles. The van der Waals surface area contributed by atoms with Crippen molar-refractivity contribution in [2.45, 2.75) is 40.7 Å². The van der Waals surface area contributed by atoms with Gasteiger partial charge in [0, 0.05) is 18.8 Å². The van der Waals surface area contributed by atoms with Crippen molar-refractivity contribution in [2.24, 2.45) is 0 Å². The van der Waals surface area contributed by atoms with E-state index >= 15 is 0 Å². The Bertz CT molecular complexity index is 391. The Morgan fingerprint density at radius 1 is 1.05 bits per heavy atom. The molecule has 0 radical (unpaired) electrons. The summed E-state index contributed by atoms with van der Waals surface area (Å²) in [5, 5.41) is 9.30. The minimum Gasteiger partial charge on any atom is -0.392 e. The Balaban J connectivity index is 2.64. The Labute approximate surface area is 123 Å². The zero-order chi connectivity index (χ0) is 15.0. The largest absolute Gasteiger partial charge is 0.392 e. The van der Waals surface area contributed by atoms with E-state index in [2.05, 4.69) is 35.6 Å². The third kappa shape index (κ3) is 5.10. The summed E-state index contributed by atoms with van der Waals surface area (Å²) >= 11 is 0. The number of rotatable bonds is 9. The molecule has 0 spiro atoms. The maximum Gasteiger partial charge on any atom is 0.129 e. The van der Waals surface area contributed by atoms with E-state index in [9.17, 15) is 5.11 Å². The first-order chi connectivity index (χ1) is 9.64. The van der Waals surface area contributed by atoms with Crippen LogP contribution in [0.4, 0.5) is 5.82 Å². The number of aryl methyl sites for hydroxylation is 1. The van der Waals surface area contributed by atoms with E-state index in [0.717, 1.165) is 56.2 Å². The lowest BCUT2D eigenvalue weighted by Gasteiger charge is -2.25. The average molecular weight is 279 g/mol. The van der Waals surface area contributed by atoms with Crippen molar-refractivity contribution in [1.29, 1.82) is 0 Å². The molecule has 4 nitrogen and oxygen atoms in total.